The van der Waals surface area contributed by atoms with Crippen molar-refractivity contribution in [1.82, 2.24) is 0 Å². The Morgan fingerprint density at radius 1 is 0.826 bits per heavy atom. The third-order valence-corrected chi connectivity index (χ3v) is 2.66. The van der Waals surface area contributed by atoms with Gasteiger partial charge in [-0.2, -0.15) is 0 Å². The van der Waals surface area contributed by atoms with Crippen LogP contribution in [-0.4, -0.2) is 5.78 Å². The minimum atomic E-state index is 0.0776. The van der Waals surface area contributed by atoms with Crippen LogP contribution in [-0.2, 0) is 4.79 Å². The van der Waals surface area contributed by atoms with E-state index in [1.165, 1.54) is 5.56 Å². The van der Waals surface area contributed by atoms with Crippen LogP contribution in [0, 0.1) is 0 Å². The summed E-state index contributed by atoms with van der Waals surface area (Å²) in [6, 6.07) is 20.1. The van der Waals surface area contributed by atoms with E-state index in [0.29, 0.717) is 0 Å². The number of hydrogen-bond acceptors (Lipinski definition) is 1. The van der Waals surface area contributed by atoms with Gasteiger partial charge in [-0.1, -0.05) is 99.7 Å². The lowest BCUT2D eigenvalue weighted by Crippen LogP contribution is -1.79. The molecule has 0 heterocycles. The van der Waals surface area contributed by atoms with E-state index in [1.54, 1.807) is 13.0 Å². The van der Waals surface area contributed by atoms with Gasteiger partial charge in [0.2, 0.25) is 0 Å². The first-order chi connectivity index (χ1) is 11.2. The van der Waals surface area contributed by atoms with Crippen LogP contribution in [0.4, 0.5) is 0 Å². The number of hydrogen-bond donors (Lipinski definition) is 0. The van der Waals surface area contributed by atoms with E-state index in [-0.39, 0.29) is 5.78 Å². The number of carbonyl (C=O) groups is 1. The Kier molecular flexibility index (Phi) is 13.0. The number of carbonyl (C=O) groups excluding carboxylic acids is 1. The fraction of sp³-hybridized carbons (Fsp3) is 0.227. The Morgan fingerprint density at radius 2 is 1.26 bits per heavy atom. The maximum absolute atomic E-state index is 10.5. The molecule has 1 heteroatoms. The predicted octanol–water partition coefficient (Wildman–Crippen LogP) is 6.42. The maximum atomic E-state index is 10.5. The van der Waals surface area contributed by atoms with Crippen LogP contribution < -0.4 is 0 Å². The summed E-state index contributed by atoms with van der Waals surface area (Å²) < 4.78 is 0. The van der Waals surface area contributed by atoms with Crippen molar-refractivity contribution in [3.05, 3.63) is 83.9 Å². The van der Waals surface area contributed by atoms with Gasteiger partial charge in [0.15, 0.2) is 5.78 Å². The molecule has 2 aromatic rings. The van der Waals surface area contributed by atoms with Gasteiger partial charge in [0.1, 0.15) is 0 Å². The molecular formula is C22H28O. The van der Waals surface area contributed by atoms with Gasteiger partial charge in [-0.3, -0.25) is 4.79 Å². The minimum absolute atomic E-state index is 0.0776. The van der Waals surface area contributed by atoms with E-state index in [4.69, 9.17) is 0 Å². The molecule has 0 aliphatic heterocycles. The molecule has 2 rings (SSSR count). The highest BCUT2D eigenvalue weighted by Crippen LogP contribution is 2.01. The molecule has 0 aliphatic rings. The highest BCUT2D eigenvalue weighted by Gasteiger charge is 1.84. The van der Waals surface area contributed by atoms with Crippen LogP contribution in [0.2, 0.25) is 0 Å². The fourth-order valence-corrected chi connectivity index (χ4v) is 1.60. The molecule has 1 nitrogen and oxygen atoms in total. The maximum Gasteiger partial charge on any atom is 0.152 e. The van der Waals surface area contributed by atoms with Crippen LogP contribution in [0.1, 0.15) is 45.2 Å². The van der Waals surface area contributed by atoms with Crippen LogP contribution in [0.5, 0.6) is 0 Å². The highest BCUT2D eigenvalue weighted by atomic mass is 16.1. The van der Waals surface area contributed by atoms with Crippen molar-refractivity contribution in [1.29, 1.82) is 0 Å². The van der Waals surface area contributed by atoms with Crippen molar-refractivity contribution < 1.29 is 4.79 Å². The van der Waals surface area contributed by atoms with Gasteiger partial charge in [-0.25, -0.2) is 0 Å². The molecule has 2 aromatic carbocycles. The first-order valence-electron chi connectivity index (χ1n) is 8.17. The van der Waals surface area contributed by atoms with Crippen molar-refractivity contribution in [3.63, 3.8) is 0 Å². The quantitative estimate of drug-likeness (QED) is 0.595. The van der Waals surface area contributed by atoms with Crippen molar-refractivity contribution in [2.75, 3.05) is 0 Å². The van der Waals surface area contributed by atoms with Gasteiger partial charge in [-0.15, -0.1) is 0 Å². The summed E-state index contributed by atoms with van der Waals surface area (Å²) in [6.45, 7) is 7.68. The Labute approximate surface area is 141 Å². The second-order valence-corrected chi connectivity index (χ2v) is 4.58. The molecule has 0 unspecified atom stereocenters. The first kappa shape index (κ1) is 20.6. The van der Waals surface area contributed by atoms with E-state index in [2.05, 4.69) is 43.3 Å². The Hall–Kier alpha value is -2.41. The molecule has 0 fully saturated rings. The second-order valence-electron chi connectivity index (χ2n) is 4.58. The number of ketones is 1. The topological polar surface area (TPSA) is 17.1 Å². The average Bonchev–Trinajstić information content (AvgIpc) is 2.62. The zero-order valence-corrected chi connectivity index (χ0v) is 14.7. The largest absolute Gasteiger partial charge is 0.295 e. The summed E-state index contributed by atoms with van der Waals surface area (Å²) in [7, 11) is 0. The SMILES string of the molecule is CC.CC(=O)/C=C/c1ccccc1.CC/C=C/c1ccccc1. The minimum Gasteiger partial charge on any atom is -0.295 e. The highest BCUT2D eigenvalue weighted by molar-refractivity contribution is 5.91. The Morgan fingerprint density at radius 3 is 1.65 bits per heavy atom. The zero-order valence-electron chi connectivity index (χ0n) is 14.7. The molecule has 0 saturated heterocycles. The first-order valence-corrected chi connectivity index (χ1v) is 8.17. The molecule has 0 aromatic heterocycles. The number of rotatable bonds is 4. The van der Waals surface area contributed by atoms with Gasteiger partial charge in [0.05, 0.1) is 0 Å². The molecule has 23 heavy (non-hydrogen) atoms. The third kappa shape index (κ3) is 11.9. The summed E-state index contributed by atoms with van der Waals surface area (Å²) in [5.41, 5.74) is 2.34. The molecule has 122 valence electrons. The molecule has 0 radical (unpaired) electrons. The monoisotopic (exact) mass is 308 g/mol. The van der Waals surface area contributed by atoms with Gasteiger partial charge < -0.3 is 0 Å². The van der Waals surface area contributed by atoms with Crippen molar-refractivity contribution in [2.45, 2.75) is 34.1 Å². The van der Waals surface area contributed by atoms with Gasteiger partial charge in [0.25, 0.3) is 0 Å². The van der Waals surface area contributed by atoms with Gasteiger partial charge in [-0.05, 0) is 30.5 Å². The molecule has 0 N–H and O–H groups in total. The van der Waals surface area contributed by atoms with Gasteiger partial charge in [0, 0.05) is 0 Å². The molecule has 0 atom stereocenters. The molecular weight excluding hydrogens is 280 g/mol. The van der Waals surface area contributed by atoms with Crippen LogP contribution in [0.3, 0.4) is 0 Å². The molecule has 0 bridgehead atoms. The fourth-order valence-electron chi connectivity index (χ4n) is 1.60. The lowest BCUT2D eigenvalue weighted by Gasteiger charge is -1.88. The van der Waals surface area contributed by atoms with E-state index in [9.17, 15) is 4.79 Å². The zero-order chi connectivity index (χ0) is 17.3. The summed E-state index contributed by atoms with van der Waals surface area (Å²) in [5.74, 6) is 0.0776. The Balaban J connectivity index is 0.000000381. The lowest BCUT2D eigenvalue weighted by molar-refractivity contribution is -0.112. The van der Waals surface area contributed by atoms with Crippen molar-refractivity contribution in [3.8, 4) is 0 Å². The summed E-state index contributed by atoms with van der Waals surface area (Å²) in [5, 5.41) is 0. The molecule has 0 spiro atoms. The van der Waals surface area contributed by atoms with E-state index < -0.39 is 0 Å². The van der Waals surface area contributed by atoms with E-state index in [1.807, 2.05) is 56.3 Å². The predicted molar refractivity (Wildman–Crippen MR) is 103 cm³/mol. The van der Waals surface area contributed by atoms with Crippen LogP contribution in [0.15, 0.2) is 72.8 Å². The Bertz CT molecular complexity index is 565. The summed E-state index contributed by atoms with van der Waals surface area (Å²) in [4.78, 5) is 10.5. The van der Waals surface area contributed by atoms with Crippen LogP contribution in [0.25, 0.3) is 12.2 Å². The normalized spacial score (nSPS) is 9.74. The third-order valence-electron chi connectivity index (χ3n) is 2.66. The van der Waals surface area contributed by atoms with Gasteiger partial charge >= 0.3 is 0 Å². The van der Waals surface area contributed by atoms with E-state index >= 15 is 0 Å². The smallest absolute Gasteiger partial charge is 0.152 e. The van der Waals surface area contributed by atoms with Crippen LogP contribution >= 0.6 is 0 Å². The van der Waals surface area contributed by atoms with E-state index in [0.717, 1.165) is 12.0 Å². The standard InChI is InChI=1S/C10H10O.C10H12.C2H6/c1-9(11)7-8-10-5-3-2-4-6-10;1-2-3-7-10-8-5-4-6-9-10;1-2/h2-8H,1H3;3-9H,2H2,1H3;1-2H3/b8-7+;7-3+;. The molecule has 0 aliphatic carbocycles. The van der Waals surface area contributed by atoms with Crippen molar-refractivity contribution in [2.24, 2.45) is 0 Å². The summed E-state index contributed by atoms with van der Waals surface area (Å²) >= 11 is 0. The molecule has 0 saturated carbocycles. The number of benzene rings is 2. The molecule has 0 amide bonds. The summed E-state index contributed by atoms with van der Waals surface area (Å²) in [6.07, 6.45) is 8.78. The number of allylic oxidation sites excluding steroid dienone is 2. The average molecular weight is 308 g/mol. The van der Waals surface area contributed by atoms with Crippen molar-refractivity contribution >= 4 is 17.9 Å². The lowest BCUT2D eigenvalue weighted by atomic mass is 10.2. The second kappa shape index (κ2) is 14.5.